The SMILES string of the molecule is CC(C)S(=O)(=O)c1ccc(-c2cncc(-c3ncc(-c4ccccc4)o3)n2)cc1. The zero-order chi connectivity index (χ0) is 20.4. The quantitative estimate of drug-likeness (QED) is 0.480. The molecule has 0 aliphatic rings. The summed E-state index contributed by atoms with van der Waals surface area (Å²) in [6, 6.07) is 16.3. The van der Waals surface area contributed by atoms with Gasteiger partial charge < -0.3 is 4.42 Å². The number of nitrogens with zero attached hydrogens (tertiary/aromatic N) is 3. The number of hydrogen-bond acceptors (Lipinski definition) is 6. The van der Waals surface area contributed by atoms with Gasteiger partial charge in [0.15, 0.2) is 15.6 Å². The van der Waals surface area contributed by atoms with Gasteiger partial charge in [-0.15, -0.1) is 0 Å². The van der Waals surface area contributed by atoms with Crippen LogP contribution in [0.25, 0.3) is 34.2 Å². The molecule has 0 N–H and O–H groups in total. The van der Waals surface area contributed by atoms with Gasteiger partial charge in [-0.05, 0) is 26.0 Å². The fraction of sp³-hybridized carbons (Fsp3) is 0.136. The minimum atomic E-state index is -3.31. The highest BCUT2D eigenvalue weighted by Crippen LogP contribution is 2.27. The van der Waals surface area contributed by atoms with Crippen LogP contribution in [-0.4, -0.2) is 28.6 Å². The first-order valence-electron chi connectivity index (χ1n) is 9.13. The zero-order valence-corrected chi connectivity index (χ0v) is 16.8. The number of benzene rings is 2. The van der Waals surface area contributed by atoms with E-state index in [0.29, 0.717) is 27.9 Å². The van der Waals surface area contributed by atoms with Gasteiger partial charge in [0.05, 0.1) is 34.4 Å². The molecule has 29 heavy (non-hydrogen) atoms. The normalized spacial score (nSPS) is 11.7. The summed E-state index contributed by atoms with van der Waals surface area (Å²) in [4.78, 5) is 13.4. The minimum absolute atomic E-state index is 0.292. The first-order chi connectivity index (χ1) is 13.9. The van der Waals surface area contributed by atoms with Crippen molar-refractivity contribution in [2.75, 3.05) is 0 Å². The van der Waals surface area contributed by atoms with E-state index in [1.807, 2.05) is 30.3 Å². The lowest BCUT2D eigenvalue weighted by Gasteiger charge is -2.08. The second kappa shape index (κ2) is 7.60. The van der Waals surface area contributed by atoms with E-state index in [1.54, 1.807) is 56.7 Å². The number of oxazole rings is 1. The van der Waals surface area contributed by atoms with Crippen molar-refractivity contribution in [3.8, 4) is 34.2 Å². The van der Waals surface area contributed by atoms with Crippen LogP contribution in [0.4, 0.5) is 0 Å². The fourth-order valence-electron chi connectivity index (χ4n) is 2.82. The second-order valence-electron chi connectivity index (χ2n) is 6.80. The number of aromatic nitrogens is 3. The fourth-order valence-corrected chi connectivity index (χ4v) is 3.88. The van der Waals surface area contributed by atoms with E-state index in [1.165, 1.54) is 0 Å². The van der Waals surface area contributed by atoms with Crippen LogP contribution in [0.15, 0.2) is 82.5 Å². The van der Waals surface area contributed by atoms with Crippen LogP contribution < -0.4 is 0 Å². The summed E-state index contributed by atoms with van der Waals surface area (Å²) in [6.45, 7) is 3.33. The van der Waals surface area contributed by atoms with Crippen LogP contribution in [0.5, 0.6) is 0 Å². The molecule has 2 aromatic heterocycles. The molecule has 2 aromatic carbocycles. The first kappa shape index (κ1) is 19.0. The zero-order valence-electron chi connectivity index (χ0n) is 16.0. The van der Waals surface area contributed by atoms with E-state index >= 15 is 0 Å². The van der Waals surface area contributed by atoms with Crippen molar-refractivity contribution in [1.82, 2.24) is 15.0 Å². The van der Waals surface area contributed by atoms with E-state index in [9.17, 15) is 8.42 Å². The number of hydrogen-bond donors (Lipinski definition) is 0. The minimum Gasteiger partial charge on any atom is -0.435 e. The van der Waals surface area contributed by atoms with Crippen molar-refractivity contribution >= 4 is 9.84 Å². The van der Waals surface area contributed by atoms with Crippen molar-refractivity contribution in [3.05, 3.63) is 73.2 Å². The molecule has 0 bridgehead atoms. The lowest BCUT2D eigenvalue weighted by Crippen LogP contribution is -2.13. The van der Waals surface area contributed by atoms with Gasteiger partial charge >= 0.3 is 0 Å². The summed E-state index contributed by atoms with van der Waals surface area (Å²) in [6.07, 6.45) is 4.86. The van der Waals surface area contributed by atoms with Gasteiger partial charge in [-0.3, -0.25) is 4.98 Å². The van der Waals surface area contributed by atoms with Crippen molar-refractivity contribution in [2.45, 2.75) is 24.0 Å². The van der Waals surface area contributed by atoms with Gasteiger partial charge in [0, 0.05) is 11.1 Å². The van der Waals surface area contributed by atoms with Gasteiger partial charge in [-0.25, -0.2) is 18.4 Å². The van der Waals surface area contributed by atoms with Crippen molar-refractivity contribution < 1.29 is 12.8 Å². The van der Waals surface area contributed by atoms with Crippen LogP contribution in [0.3, 0.4) is 0 Å². The molecule has 2 heterocycles. The third kappa shape index (κ3) is 3.82. The maximum atomic E-state index is 12.3. The van der Waals surface area contributed by atoms with Gasteiger partial charge in [-0.1, -0.05) is 42.5 Å². The molecule has 0 unspecified atom stereocenters. The van der Waals surface area contributed by atoms with Crippen molar-refractivity contribution in [1.29, 1.82) is 0 Å². The molecule has 0 saturated carbocycles. The van der Waals surface area contributed by atoms with Crippen LogP contribution in [0.2, 0.25) is 0 Å². The molecule has 0 fully saturated rings. The summed E-state index contributed by atoms with van der Waals surface area (Å²) < 4.78 is 30.4. The van der Waals surface area contributed by atoms with Crippen molar-refractivity contribution in [2.24, 2.45) is 0 Å². The Morgan fingerprint density at radius 3 is 2.21 bits per heavy atom. The molecule has 146 valence electrons. The van der Waals surface area contributed by atoms with Crippen LogP contribution in [0, 0.1) is 0 Å². The van der Waals surface area contributed by atoms with E-state index < -0.39 is 15.1 Å². The summed E-state index contributed by atoms with van der Waals surface area (Å²) in [7, 11) is -3.31. The molecule has 0 atom stereocenters. The maximum Gasteiger partial charge on any atom is 0.247 e. The average molecular weight is 405 g/mol. The Balaban J connectivity index is 1.64. The average Bonchev–Trinajstić information content (AvgIpc) is 3.25. The molecule has 4 rings (SSSR count). The Hall–Kier alpha value is -3.32. The third-order valence-electron chi connectivity index (χ3n) is 4.52. The number of sulfone groups is 1. The molecular weight excluding hydrogens is 386 g/mol. The standard InChI is InChI=1S/C22H19N3O3S/c1-15(2)29(26,27)18-10-8-16(9-11-18)19-12-23-13-20(25-19)22-24-14-21(28-22)17-6-4-3-5-7-17/h3-15H,1-2H3. The highest BCUT2D eigenvalue weighted by Gasteiger charge is 2.19. The molecule has 0 aliphatic carbocycles. The molecule has 4 aromatic rings. The molecule has 0 aliphatic heterocycles. The second-order valence-corrected chi connectivity index (χ2v) is 9.31. The van der Waals surface area contributed by atoms with E-state index in [-0.39, 0.29) is 0 Å². The van der Waals surface area contributed by atoms with E-state index in [4.69, 9.17) is 4.42 Å². The lowest BCUT2D eigenvalue weighted by atomic mass is 10.1. The monoisotopic (exact) mass is 405 g/mol. The Bertz CT molecular complexity index is 1230. The predicted octanol–water partition coefficient (Wildman–Crippen LogP) is 4.65. The molecular formula is C22H19N3O3S. The summed E-state index contributed by atoms with van der Waals surface area (Å²) in [5.41, 5.74) is 2.80. The Morgan fingerprint density at radius 2 is 1.52 bits per heavy atom. The predicted molar refractivity (Wildman–Crippen MR) is 111 cm³/mol. The summed E-state index contributed by atoms with van der Waals surface area (Å²) >= 11 is 0. The molecule has 0 amide bonds. The van der Waals surface area contributed by atoms with Gasteiger partial charge in [0.2, 0.25) is 5.89 Å². The summed E-state index contributed by atoms with van der Waals surface area (Å²) in [5, 5.41) is -0.472. The largest absolute Gasteiger partial charge is 0.435 e. The third-order valence-corrected chi connectivity index (χ3v) is 6.69. The van der Waals surface area contributed by atoms with Gasteiger partial charge in [0.25, 0.3) is 0 Å². The lowest BCUT2D eigenvalue weighted by molar-refractivity contribution is 0.585. The number of rotatable bonds is 5. The molecule has 0 radical (unpaired) electrons. The van der Waals surface area contributed by atoms with E-state index in [2.05, 4.69) is 15.0 Å². The van der Waals surface area contributed by atoms with Crippen LogP contribution in [0.1, 0.15) is 13.8 Å². The van der Waals surface area contributed by atoms with Crippen molar-refractivity contribution in [3.63, 3.8) is 0 Å². The van der Waals surface area contributed by atoms with Gasteiger partial charge in [0.1, 0.15) is 5.69 Å². The topological polar surface area (TPSA) is 86.0 Å². The molecule has 0 spiro atoms. The smallest absolute Gasteiger partial charge is 0.247 e. The first-order valence-corrected chi connectivity index (χ1v) is 10.7. The van der Waals surface area contributed by atoms with Gasteiger partial charge in [-0.2, -0.15) is 0 Å². The van der Waals surface area contributed by atoms with Crippen LogP contribution in [-0.2, 0) is 9.84 Å². The Labute approximate surface area is 169 Å². The molecule has 6 nitrogen and oxygen atoms in total. The molecule has 0 saturated heterocycles. The molecule has 7 heteroatoms. The van der Waals surface area contributed by atoms with E-state index in [0.717, 1.165) is 11.1 Å². The highest BCUT2D eigenvalue weighted by atomic mass is 32.2. The Morgan fingerprint density at radius 1 is 0.828 bits per heavy atom. The van der Waals surface area contributed by atoms with Crippen LogP contribution >= 0.6 is 0 Å². The summed E-state index contributed by atoms with van der Waals surface area (Å²) in [5.74, 6) is 1.02. The maximum absolute atomic E-state index is 12.3. The Kier molecular flexibility index (Phi) is 4.98. The highest BCUT2D eigenvalue weighted by molar-refractivity contribution is 7.92.